The average molecular weight is 407 g/mol. The summed E-state index contributed by atoms with van der Waals surface area (Å²) in [6.45, 7) is 5.66. The number of nitrogens with one attached hydrogen (secondary N) is 1. The number of thiocarbonyl (C=S) groups is 1. The summed E-state index contributed by atoms with van der Waals surface area (Å²) in [7, 11) is 0. The Balaban J connectivity index is 1.72. The largest absolute Gasteiger partial charge is 0.348 e. The Bertz CT molecular complexity index is 1090. The van der Waals surface area contributed by atoms with Crippen LogP contribution in [0.1, 0.15) is 28.4 Å². The van der Waals surface area contributed by atoms with Gasteiger partial charge in [0, 0.05) is 42.8 Å². The van der Waals surface area contributed by atoms with Gasteiger partial charge in [0.05, 0.1) is 11.0 Å². The summed E-state index contributed by atoms with van der Waals surface area (Å²) in [6, 6.07) is 16.8. The minimum Gasteiger partial charge on any atom is -0.348 e. The standard InChI is InChI=1S/C22H22N4O2S/c1-15-6-3-9-19(16(15)2)23-22(29)25-13-12-24-11-5-10-20(24)21(25)17-7-4-8-18(14-17)26(27)28/h3-11,14,21H,12-13H2,1-2H3,(H,23,29). The molecule has 2 heterocycles. The number of nitro groups is 1. The molecular formula is C22H22N4O2S. The highest BCUT2D eigenvalue weighted by Crippen LogP contribution is 2.34. The normalized spacial score (nSPS) is 15.7. The van der Waals surface area contributed by atoms with Crippen molar-refractivity contribution in [1.82, 2.24) is 9.47 Å². The molecule has 6 nitrogen and oxygen atoms in total. The molecule has 0 radical (unpaired) electrons. The lowest BCUT2D eigenvalue weighted by Gasteiger charge is -2.39. The second kappa shape index (κ2) is 7.67. The minimum atomic E-state index is -0.359. The van der Waals surface area contributed by atoms with E-state index in [0.717, 1.165) is 29.1 Å². The lowest BCUT2D eigenvalue weighted by atomic mass is 9.99. The van der Waals surface area contributed by atoms with Crippen molar-refractivity contribution >= 4 is 28.7 Å². The molecule has 29 heavy (non-hydrogen) atoms. The van der Waals surface area contributed by atoms with Gasteiger partial charge in [0.15, 0.2) is 5.11 Å². The maximum atomic E-state index is 11.3. The molecule has 148 valence electrons. The summed E-state index contributed by atoms with van der Waals surface area (Å²) in [6.07, 6.45) is 2.04. The Morgan fingerprint density at radius 2 is 1.93 bits per heavy atom. The Morgan fingerprint density at radius 3 is 2.72 bits per heavy atom. The first-order valence-electron chi connectivity index (χ1n) is 9.49. The van der Waals surface area contributed by atoms with Crippen LogP contribution in [-0.2, 0) is 6.54 Å². The van der Waals surface area contributed by atoms with E-state index < -0.39 is 0 Å². The summed E-state index contributed by atoms with van der Waals surface area (Å²) in [4.78, 5) is 13.1. The monoisotopic (exact) mass is 406 g/mol. The predicted molar refractivity (Wildman–Crippen MR) is 118 cm³/mol. The van der Waals surface area contributed by atoms with Crippen LogP contribution in [0.2, 0.25) is 0 Å². The zero-order valence-electron chi connectivity index (χ0n) is 16.3. The molecule has 1 N–H and O–H groups in total. The third-order valence-corrected chi connectivity index (χ3v) is 5.88. The van der Waals surface area contributed by atoms with Gasteiger partial charge >= 0.3 is 0 Å². The maximum Gasteiger partial charge on any atom is 0.269 e. The summed E-state index contributed by atoms with van der Waals surface area (Å²) in [5.41, 5.74) is 5.33. The molecule has 1 atom stereocenters. The highest BCUT2D eigenvalue weighted by atomic mass is 32.1. The smallest absolute Gasteiger partial charge is 0.269 e. The van der Waals surface area contributed by atoms with Crippen LogP contribution >= 0.6 is 12.2 Å². The van der Waals surface area contributed by atoms with Crippen LogP contribution in [0.5, 0.6) is 0 Å². The van der Waals surface area contributed by atoms with Gasteiger partial charge in [0.2, 0.25) is 0 Å². The summed E-state index contributed by atoms with van der Waals surface area (Å²) in [5, 5.41) is 15.3. The highest BCUT2D eigenvalue weighted by Gasteiger charge is 2.31. The van der Waals surface area contributed by atoms with Gasteiger partial charge in [-0.1, -0.05) is 24.3 Å². The molecule has 1 aliphatic heterocycles. The number of aryl methyl sites for hydroxylation is 1. The Labute approximate surface area is 174 Å². The second-order valence-corrected chi connectivity index (χ2v) is 7.64. The Morgan fingerprint density at radius 1 is 1.14 bits per heavy atom. The van der Waals surface area contributed by atoms with Gasteiger partial charge in [-0.2, -0.15) is 0 Å². The highest BCUT2D eigenvalue weighted by molar-refractivity contribution is 7.80. The van der Waals surface area contributed by atoms with Gasteiger partial charge in [-0.3, -0.25) is 10.1 Å². The zero-order valence-corrected chi connectivity index (χ0v) is 17.1. The van der Waals surface area contributed by atoms with Crippen molar-refractivity contribution in [3.8, 4) is 0 Å². The number of anilines is 1. The van der Waals surface area contributed by atoms with Crippen LogP contribution in [-0.4, -0.2) is 26.0 Å². The van der Waals surface area contributed by atoms with Crippen LogP contribution in [0.4, 0.5) is 11.4 Å². The molecule has 0 aliphatic carbocycles. The molecule has 1 unspecified atom stereocenters. The molecule has 3 aromatic rings. The fourth-order valence-electron chi connectivity index (χ4n) is 3.83. The number of nitrogens with zero attached hydrogens (tertiary/aromatic N) is 3. The van der Waals surface area contributed by atoms with Crippen LogP contribution in [0.15, 0.2) is 60.8 Å². The molecule has 1 aliphatic rings. The van der Waals surface area contributed by atoms with Crippen LogP contribution < -0.4 is 5.32 Å². The third kappa shape index (κ3) is 3.61. The lowest BCUT2D eigenvalue weighted by Crippen LogP contribution is -2.44. The molecule has 4 rings (SSSR count). The first kappa shape index (κ1) is 19.1. The molecular weight excluding hydrogens is 384 g/mol. The van der Waals surface area contributed by atoms with Crippen molar-refractivity contribution in [3.05, 3.63) is 93.3 Å². The molecule has 0 amide bonds. The number of hydrogen-bond donors (Lipinski definition) is 1. The number of benzene rings is 2. The zero-order chi connectivity index (χ0) is 20.5. The number of non-ortho nitro benzene ring substituents is 1. The van der Waals surface area contributed by atoms with Crippen molar-refractivity contribution in [2.45, 2.75) is 26.4 Å². The summed E-state index contributed by atoms with van der Waals surface area (Å²) in [5.74, 6) is 0. The number of hydrogen-bond acceptors (Lipinski definition) is 3. The number of fused-ring (bicyclic) bond motifs is 1. The fourth-order valence-corrected chi connectivity index (χ4v) is 4.14. The van der Waals surface area contributed by atoms with E-state index in [4.69, 9.17) is 12.2 Å². The van der Waals surface area contributed by atoms with E-state index in [1.165, 1.54) is 11.6 Å². The first-order valence-corrected chi connectivity index (χ1v) is 9.90. The SMILES string of the molecule is Cc1cccc(NC(=S)N2CCn3cccc3C2c2cccc([N+](=O)[O-])c2)c1C. The van der Waals surface area contributed by atoms with Crippen molar-refractivity contribution in [2.75, 3.05) is 11.9 Å². The molecule has 7 heteroatoms. The first-order chi connectivity index (χ1) is 14.0. The van der Waals surface area contributed by atoms with Crippen molar-refractivity contribution in [1.29, 1.82) is 0 Å². The topological polar surface area (TPSA) is 63.3 Å². The molecule has 0 saturated heterocycles. The van der Waals surface area contributed by atoms with Gasteiger partial charge in [-0.05, 0) is 61.0 Å². The van der Waals surface area contributed by atoms with E-state index in [1.807, 2.05) is 30.5 Å². The second-order valence-electron chi connectivity index (χ2n) is 7.25. The quantitative estimate of drug-likeness (QED) is 0.384. The minimum absolute atomic E-state index is 0.0829. The van der Waals surface area contributed by atoms with Crippen molar-refractivity contribution in [3.63, 3.8) is 0 Å². The van der Waals surface area contributed by atoms with E-state index >= 15 is 0 Å². The van der Waals surface area contributed by atoms with E-state index in [0.29, 0.717) is 11.7 Å². The molecule has 0 saturated carbocycles. The number of rotatable bonds is 3. The number of nitro benzene ring substituents is 1. The van der Waals surface area contributed by atoms with Gasteiger partial charge in [-0.25, -0.2) is 0 Å². The summed E-state index contributed by atoms with van der Waals surface area (Å²) >= 11 is 5.80. The predicted octanol–water partition coefficient (Wildman–Crippen LogP) is 4.82. The number of aromatic nitrogens is 1. The summed E-state index contributed by atoms with van der Waals surface area (Å²) < 4.78 is 2.18. The van der Waals surface area contributed by atoms with Crippen LogP contribution in [0.25, 0.3) is 0 Å². The van der Waals surface area contributed by atoms with E-state index in [1.54, 1.807) is 12.1 Å². The van der Waals surface area contributed by atoms with E-state index in [-0.39, 0.29) is 16.7 Å². The Hall–Kier alpha value is -3.19. The third-order valence-electron chi connectivity index (χ3n) is 5.54. The Kier molecular flexibility index (Phi) is 5.07. The molecule has 0 bridgehead atoms. The average Bonchev–Trinajstić information content (AvgIpc) is 3.19. The maximum absolute atomic E-state index is 11.3. The van der Waals surface area contributed by atoms with E-state index in [9.17, 15) is 10.1 Å². The molecule has 2 aromatic carbocycles. The van der Waals surface area contributed by atoms with Gasteiger partial charge in [0.1, 0.15) is 0 Å². The van der Waals surface area contributed by atoms with E-state index in [2.05, 4.69) is 40.8 Å². The van der Waals surface area contributed by atoms with Crippen LogP contribution in [0, 0.1) is 24.0 Å². The molecule has 0 fully saturated rings. The van der Waals surface area contributed by atoms with Gasteiger partial charge in [0.25, 0.3) is 5.69 Å². The fraction of sp³-hybridized carbons (Fsp3) is 0.227. The van der Waals surface area contributed by atoms with Crippen molar-refractivity contribution < 1.29 is 4.92 Å². The van der Waals surface area contributed by atoms with Gasteiger partial charge < -0.3 is 14.8 Å². The lowest BCUT2D eigenvalue weighted by molar-refractivity contribution is -0.384. The van der Waals surface area contributed by atoms with Crippen LogP contribution in [0.3, 0.4) is 0 Å². The molecule has 1 aromatic heterocycles. The van der Waals surface area contributed by atoms with Crippen molar-refractivity contribution in [2.24, 2.45) is 0 Å². The van der Waals surface area contributed by atoms with Gasteiger partial charge in [-0.15, -0.1) is 0 Å². The molecule has 0 spiro atoms.